The minimum Gasteiger partial charge on any atom is -0.377 e. The van der Waals surface area contributed by atoms with Gasteiger partial charge in [0.25, 0.3) is 5.91 Å². The van der Waals surface area contributed by atoms with E-state index in [0.717, 1.165) is 73.0 Å². The number of amides is 1. The van der Waals surface area contributed by atoms with E-state index < -0.39 is 15.9 Å². The molecule has 2 saturated heterocycles. The number of carbonyl (C=O) groups is 1. The Kier molecular flexibility index (Phi) is 7.50. The Hall–Kier alpha value is -2.24. The zero-order valence-corrected chi connectivity index (χ0v) is 22.2. The first-order valence-corrected chi connectivity index (χ1v) is 15.2. The van der Waals surface area contributed by atoms with Crippen molar-refractivity contribution in [2.45, 2.75) is 51.2 Å². The predicted molar refractivity (Wildman–Crippen MR) is 144 cm³/mol. The van der Waals surface area contributed by atoms with Crippen LogP contribution in [0.15, 0.2) is 29.8 Å². The molecule has 4 heterocycles. The van der Waals surface area contributed by atoms with Crippen LogP contribution in [0.25, 0.3) is 22.0 Å². The molecule has 2 aliphatic heterocycles. The van der Waals surface area contributed by atoms with E-state index in [1.165, 1.54) is 4.88 Å². The average molecular weight is 531 g/mol. The topological polar surface area (TPSA) is 118 Å². The van der Waals surface area contributed by atoms with Crippen LogP contribution in [0.5, 0.6) is 0 Å². The molecule has 194 valence electrons. The molecule has 0 bridgehead atoms. The maximum absolute atomic E-state index is 12.4. The van der Waals surface area contributed by atoms with Gasteiger partial charge in [0.2, 0.25) is 10.0 Å². The number of ether oxygens (including phenoxy) is 1. The van der Waals surface area contributed by atoms with Gasteiger partial charge in [0.15, 0.2) is 0 Å². The van der Waals surface area contributed by atoms with E-state index in [9.17, 15) is 13.2 Å². The number of hydrogen-bond donors (Lipinski definition) is 3. The number of aromatic amines is 1. The molecule has 1 atom stereocenters. The number of fused-ring (bicyclic) bond motifs is 1. The standard InChI is InChI=1S/C26H34N4O4S2/c1-2-36(32,33)30-7-5-17(6-8-30)24-15-29-25-22(24)11-18(12-23(25)26(27)31)19-10-21(35-16-19)14-28-13-20-4-3-9-34-20/h10-12,15-17,20,28-29H,2-9,13-14H2,1H3,(H2,27,31)/t20-/m1/s1. The lowest BCUT2D eigenvalue weighted by Gasteiger charge is -2.31. The monoisotopic (exact) mass is 530 g/mol. The van der Waals surface area contributed by atoms with Crippen molar-refractivity contribution in [3.63, 3.8) is 0 Å². The number of sulfonamides is 1. The van der Waals surface area contributed by atoms with E-state index in [4.69, 9.17) is 10.5 Å². The van der Waals surface area contributed by atoms with Crippen LogP contribution in [0.2, 0.25) is 0 Å². The zero-order chi connectivity index (χ0) is 25.3. The molecule has 2 fully saturated rings. The summed E-state index contributed by atoms with van der Waals surface area (Å²) in [6.45, 7) is 5.22. The summed E-state index contributed by atoms with van der Waals surface area (Å²) in [5, 5.41) is 6.60. The van der Waals surface area contributed by atoms with Crippen molar-refractivity contribution < 1.29 is 17.9 Å². The molecular weight excluding hydrogens is 496 g/mol. The molecule has 1 amide bonds. The fourth-order valence-corrected chi connectivity index (χ4v) is 7.36. The van der Waals surface area contributed by atoms with Gasteiger partial charge in [-0.1, -0.05) is 0 Å². The van der Waals surface area contributed by atoms with Gasteiger partial charge in [0, 0.05) is 49.2 Å². The summed E-state index contributed by atoms with van der Waals surface area (Å²) in [6, 6.07) is 6.17. The minimum absolute atomic E-state index is 0.128. The van der Waals surface area contributed by atoms with Crippen LogP contribution in [-0.2, 0) is 21.3 Å². The highest BCUT2D eigenvalue weighted by molar-refractivity contribution is 7.89. The van der Waals surface area contributed by atoms with Crippen molar-refractivity contribution in [1.29, 1.82) is 0 Å². The van der Waals surface area contributed by atoms with Gasteiger partial charge in [-0.2, -0.15) is 0 Å². The highest BCUT2D eigenvalue weighted by Crippen LogP contribution is 2.38. The number of piperidine rings is 1. The Labute approximate surface area is 216 Å². The third kappa shape index (κ3) is 5.24. The number of rotatable bonds is 9. The van der Waals surface area contributed by atoms with Gasteiger partial charge in [-0.15, -0.1) is 11.3 Å². The molecule has 1 aromatic carbocycles. The smallest absolute Gasteiger partial charge is 0.250 e. The van der Waals surface area contributed by atoms with Crippen LogP contribution < -0.4 is 11.1 Å². The van der Waals surface area contributed by atoms with Gasteiger partial charge in [0.1, 0.15) is 0 Å². The average Bonchev–Trinajstić information content (AvgIpc) is 3.64. The molecule has 36 heavy (non-hydrogen) atoms. The Morgan fingerprint density at radius 3 is 2.72 bits per heavy atom. The Bertz CT molecular complexity index is 1330. The molecule has 0 saturated carbocycles. The van der Waals surface area contributed by atoms with E-state index >= 15 is 0 Å². The highest BCUT2D eigenvalue weighted by atomic mass is 32.2. The summed E-state index contributed by atoms with van der Waals surface area (Å²) in [6.07, 6.45) is 6.03. The normalized spacial score (nSPS) is 19.9. The largest absolute Gasteiger partial charge is 0.377 e. The molecule has 4 N–H and O–H groups in total. The van der Waals surface area contributed by atoms with Gasteiger partial charge in [-0.3, -0.25) is 4.79 Å². The van der Waals surface area contributed by atoms with Crippen molar-refractivity contribution in [1.82, 2.24) is 14.6 Å². The number of nitrogens with two attached hydrogens (primary N) is 1. The molecule has 2 aromatic heterocycles. The van der Waals surface area contributed by atoms with Gasteiger partial charge in [-0.05, 0) is 78.8 Å². The zero-order valence-electron chi connectivity index (χ0n) is 20.6. The third-order valence-electron chi connectivity index (χ3n) is 7.42. The summed E-state index contributed by atoms with van der Waals surface area (Å²) < 4.78 is 31.8. The second kappa shape index (κ2) is 10.6. The van der Waals surface area contributed by atoms with Crippen molar-refractivity contribution in [3.8, 4) is 11.1 Å². The summed E-state index contributed by atoms with van der Waals surface area (Å²) >= 11 is 1.70. The van der Waals surface area contributed by atoms with Crippen LogP contribution in [0.4, 0.5) is 0 Å². The maximum atomic E-state index is 12.4. The number of carbonyl (C=O) groups excluding carboxylic acids is 1. The van der Waals surface area contributed by atoms with Crippen LogP contribution in [-0.4, -0.2) is 61.7 Å². The lowest BCUT2D eigenvalue weighted by atomic mass is 9.88. The van der Waals surface area contributed by atoms with Crippen LogP contribution in [0.3, 0.4) is 0 Å². The number of hydrogen-bond acceptors (Lipinski definition) is 6. The van der Waals surface area contributed by atoms with Gasteiger partial charge < -0.3 is 20.8 Å². The van der Waals surface area contributed by atoms with Crippen molar-refractivity contribution >= 4 is 38.2 Å². The summed E-state index contributed by atoms with van der Waals surface area (Å²) in [5.41, 5.74) is 10.1. The highest BCUT2D eigenvalue weighted by Gasteiger charge is 2.29. The minimum atomic E-state index is -3.17. The van der Waals surface area contributed by atoms with E-state index in [-0.39, 0.29) is 11.7 Å². The molecule has 0 unspecified atom stereocenters. The molecule has 0 spiro atoms. The molecule has 8 nitrogen and oxygen atoms in total. The molecule has 3 aromatic rings. The number of aromatic nitrogens is 1. The summed E-state index contributed by atoms with van der Waals surface area (Å²) in [7, 11) is -3.17. The van der Waals surface area contributed by atoms with Crippen LogP contribution >= 0.6 is 11.3 Å². The van der Waals surface area contributed by atoms with E-state index in [1.807, 2.05) is 12.3 Å². The van der Waals surface area contributed by atoms with E-state index in [0.29, 0.717) is 24.8 Å². The van der Waals surface area contributed by atoms with Crippen molar-refractivity contribution in [2.75, 3.05) is 32.0 Å². The second-order valence-corrected chi connectivity index (χ2v) is 12.9. The SMILES string of the molecule is CCS(=O)(=O)N1CCC(c2c[nH]c3c(C(N)=O)cc(-c4csc(CNC[C@H]5CCCO5)c4)cc23)CC1. The second-order valence-electron chi connectivity index (χ2n) is 9.70. The summed E-state index contributed by atoms with van der Waals surface area (Å²) in [5.74, 6) is -0.117. The first kappa shape index (κ1) is 25.4. The Balaban J connectivity index is 1.37. The van der Waals surface area contributed by atoms with Crippen molar-refractivity contribution in [2.24, 2.45) is 5.73 Å². The number of benzene rings is 1. The van der Waals surface area contributed by atoms with Gasteiger partial charge in [0.05, 0.1) is 22.9 Å². The third-order valence-corrected chi connectivity index (χ3v) is 10.2. The molecule has 2 aliphatic rings. The van der Waals surface area contributed by atoms with Crippen LogP contribution in [0, 0.1) is 0 Å². The Morgan fingerprint density at radius 2 is 2.03 bits per heavy atom. The number of thiophene rings is 1. The summed E-state index contributed by atoms with van der Waals surface area (Å²) in [4.78, 5) is 16.9. The lowest BCUT2D eigenvalue weighted by Crippen LogP contribution is -2.38. The van der Waals surface area contributed by atoms with E-state index in [1.54, 1.807) is 22.6 Å². The van der Waals surface area contributed by atoms with Gasteiger partial charge >= 0.3 is 0 Å². The fraction of sp³-hybridized carbons (Fsp3) is 0.500. The van der Waals surface area contributed by atoms with Crippen molar-refractivity contribution in [3.05, 3.63) is 45.8 Å². The lowest BCUT2D eigenvalue weighted by molar-refractivity contribution is 0.100. The fourth-order valence-electron chi connectivity index (χ4n) is 5.37. The Morgan fingerprint density at radius 1 is 1.22 bits per heavy atom. The van der Waals surface area contributed by atoms with Crippen LogP contribution in [0.1, 0.15) is 59.3 Å². The first-order chi connectivity index (χ1) is 17.4. The quantitative estimate of drug-likeness (QED) is 0.389. The first-order valence-electron chi connectivity index (χ1n) is 12.7. The van der Waals surface area contributed by atoms with E-state index in [2.05, 4.69) is 27.8 Å². The molecular formula is C26H34N4O4S2. The molecule has 10 heteroatoms. The predicted octanol–water partition coefficient (Wildman–Crippen LogP) is 3.79. The van der Waals surface area contributed by atoms with Gasteiger partial charge in [-0.25, -0.2) is 12.7 Å². The number of H-pyrrole nitrogens is 1. The number of nitrogens with zero attached hydrogens (tertiary/aromatic N) is 1. The molecule has 5 rings (SSSR count). The number of nitrogens with one attached hydrogen (secondary N) is 2. The molecule has 0 radical (unpaired) electrons. The maximum Gasteiger partial charge on any atom is 0.250 e. The number of primary amides is 1. The molecule has 0 aliphatic carbocycles.